The number of hydrogen-bond acceptors (Lipinski definition) is 5. The van der Waals surface area contributed by atoms with Gasteiger partial charge in [0.15, 0.2) is 0 Å². The van der Waals surface area contributed by atoms with Crippen LogP contribution in [0.4, 0.5) is 21.7 Å². The molecular weight excluding hydrogens is 485 g/mol. The largest absolute Gasteiger partial charge is 0.369 e. The lowest BCUT2D eigenvalue weighted by molar-refractivity contribution is 0.252. The molecule has 0 amide bonds. The van der Waals surface area contributed by atoms with Crippen molar-refractivity contribution < 1.29 is 4.39 Å². The maximum absolute atomic E-state index is 14.7. The number of piperazine rings is 1. The Balaban J connectivity index is 1.15. The van der Waals surface area contributed by atoms with Crippen molar-refractivity contribution >= 4 is 17.3 Å². The van der Waals surface area contributed by atoms with Crippen LogP contribution in [-0.2, 0) is 6.42 Å². The van der Waals surface area contributed by atoms with Crippen molar-refractivity contribution in [2.45, 2.75) is 38.5 Å². The molecule has 1 saturated heterocycles. The van der Waals surface area contributed by atoms with Gasteiger partial charge in [-0.25, -0.2) is 14.4 Å². The molecule has 3 aromatic carbocycles. The van der Waals surface area contributed by atoms with Crippen molar-refractivity contribution in [1.29, 1.82) is 0 Å². The summed E-state index contributed by atoms with van der Waals surface area (Å²) < 4.78 is 14.7. The maximum atomic E-state index is 14.7. The molecule has 1 aliphatic heterocycles. The predicted molar refractivity (Wildman–Crippen MR) is 157 cm³/mol. The summed E-state index contributed by atoms with van der Waals surface area (Å²) in [7, 11) is 0. The summed E-state index contributed by atoms with van der Waals surface area (Å²) in [4.78, 5) is 14.6. The summed E-state index contributed by atoms with van der Waals surface area (Å²) in [5.41, 5.74) is 7.05. The van der Waals surface area contributed by atoms with E-state index in [0.717, 1.165) is 59.8 Å². The topological polar surface area (TPSA) is 44.3 Å². The van der Waals surface area contributed by atoms with Gasteiger partial charge >= 0.3 is 0 Å². The van der Waals surface area contributed by atoms with E-state index in [-0.39, 0.29) is 11.7 Å². The molecule has 1 aromatic heterocycles. The first-order chi connectivity index (χ1) is 19.2. The van der Waals surface area contributed by atoms with E-state index < -0.39 is 0 Å². The van der Waals surface area contributed by atoms with Crippen molar-refractivity contribution in [3.8, 4) is 11.3 Å². The Kier molecular flexibility index (Phi) is 7.55. The van der Waals surface area contributed by atoms with Crippen molar-refractivity contribution in [2.75, 3.05) is 42.9 Å². The van der Waals surface area contributed by atoms with E-state index in [1.54, 1.807) is 6.07 Å². The lowest BCUT2D eigenvalue weighted by atomic mass is 9.78. The highest BCUT2D eigenvalue weighted by atomic mass is 19.1. The van der Waals surface area contributed by atoms with Gasteiger partial charge in [0.1, 0.15) is 5.82 Å². The first kappa shape index (κ1) is 25.5. The number of rotatable bonds is 8. The third-order valence-corrected chi connectivity index (χ3v) is 8.10. The standard InChI is InChI=1S/C33H36FN5/c1-2-3-8-17-38-18-20-39(21-19-38)26-15-13-25(14-16-26)36-33-35-23-24-22-30(28-10-6-7-12-31(28)34)27-9-4-5-11-29(27)32(24)37-33/h4-7,9-16,23,30H,2-3,8,17-22H2,1H3,(H,35,36,37)/t30-/m1/s1. The highest BCUT2D eigenvalue weighted by molar-refractivity contribution is 5.73. The smallest absolute Gasteiger partial charge is 0.227 e. The van der Waals surface area contributed by atoms with Crippen LogP contribution in [0.25, 0.3) is 11.3 Å². The molecule has 1 atom stereocenters. The van der Waals surface area contributed by atoms with Crippen LogP contribution in [0, 0.1) is 5.82 Å². The third-order valence-electron chi connectivity index (χ3n) is 8.10. The zero-order valence-electron chi connectivity index (χ0n) is 22.6. The minimum absolute atomic E-state index is 0.0527. The van der Waals surface area contributed by atoms with Crippen molar-refractivity contribution in [3.63, 3.8) is 0 Å². The molecule has 39 heavy (non-hydrogen) atoms. The summed E-state index contributed by atoms with van der Waals surface area (Å²) in [6.07, 6.45) is 6.47. The number of aromatic nitrogens is 2. The molecule has 0 bridgehead atoms. The molecule has 1 aliphatic carbocycles. The van der Waals surface area contributed by atoms with Gasteiger partial charge in [-0.1, -0.05) is 62.2 Å². The monoisotopic (exact) mass is 521 g/mol. The second-order valence-electron chi connectivity index (χ2n) is 10.6. The number of anilines is 3. The Morgan fingerprint density at radius 2 is 1.62 bits per heavy atom. The first-order valence-electron chi connectivity index (χ1n) is 14.2. The molecule has 0 saturated carbocycles. The van der Waals surface area contributed by atoms with E-state index in [1.165, 1.54) is 37.6 Å². The summed E-state index contributed by atoms with van der Waals surface area (Å²) in [6, 6.07) is 23.9. The van der Waals surface area contributed by atoms with Crippen LogP contribution in [0.5, 0.6) is 0 Å². The number of fused-ring (bicyclic) bond motifs is 3. The Hall–Kier alpha value is -3.77. The summed E-state index contributed by atoms with van der Waals surface area (Å²) in [5, 5.41) is 3.39. The molecule has 5 nitrogen and oxygen atoms in total. The van der Waals surface area contributed by atoms with Gasteiger partial charge in [0.05, 0.1) is 5.69 Å². The van der Waals surface area contributed by atoms with E-state index in [1.807, 2.05) is 30.5 Å². The molecule has 0 spiro atoms. The average molecular weight is 522 g/mol. The first-order valence-corrected chi connectivity index (χ1v) is 14.2. The fourth-order valence-corrected chi connectivity index (χ4v) is 5.93. The molecule has 0 unspecified atom stereocenters. The molecule has 2 aliphatic rings. The number of unbranched alkanes of at least 4 members (excludes halogenated alkanes) is 2. The van der Waals surface area contributed by atoms with Gasteiger partial charge in [-0.15, -0.1) is 0 Å². The van der Waals surface area contributed by atoms with Gasteiger partial charge in [-0.05, 0) is 66.4 Å². The van der Waals surface area contributed by atoms with E-state index in [9.17, 15) is 4.39 Å². The van der Waals surface area contributed by atoms with Crippen LogP contribution in [-0.4, -0.2) is 47.6 Å². The van der Waals surface area contributed by atoms with Crippen molar-refractivity contribution in [2.24, 2.45) is 0 Å². The Morgan fingerprint density at radius 3 is 2.38 bits per heavy atom. The normalized spacial score (nSPS) is 17.0. The summed E-state index contributed by atoms with van der Waals surface area (Å²) in [6.45, 7) is 7.88. The van der Waals surface area contributed by atoms with E-state index in [0.29, 0.717) is 12.4 Å². The maximum Gasteiger partial charge on any atom is 0.227 e. The molecule has 4 aromatic rings. The SMILES string of the molecule is CCCCCN1CCN(c2ccc(Nc3ncc4c(n3)-c3ccccc3[C@H](c3ccccc3F)C4)cc2)CC1. The van der Waals surface area contributed by atoms with Gasteiger partial charge < -0.3 is 10.2 Å². The van der Waals surface area contributed by atoms with Crippen LogP contribution in [0.3, 0.4) is 0 Å². The highest BCUT2D eigenvalue weighted by Gasteiger charge is 2.29. The van der Waals surface area contributed by atoms with Crippen LogP contribution in [0.1, 0.15) is 48.8 Å². The lowest BCUT2D eigenvalue weighted by Gasteiger charge is -2.36. The zero-order valence-corrected chi connectivity index (χ0v) is 22.6. The van der Waals surface area contributed by atoms with Crippen molar-refractivity contribution in [3.05, 3.63) is 102 Å². The lowest BCUT2D eigenvalue weighted by Crippen LogP contribution is -2.46. The molecule has 6 rings (SSSR count). The number of hydrogen-bond donors (Lipinski definition) is 1. The Labute approximate surface area is 230 Å². The number of nitrogens with one attached hydrogen (secondary N) is 1. The predicted octanol–water partition coefficient (Wildman–Crippen LogP) is 7.03. The molecule has 6 heteroatoms. The summed E-state index contributed by atoms with van der Waals surface area (Å²) >= 11 is 0. The van der Waals surface area contributed by atoms with Gasteiger partial charge in [0.2, 0.25) is 5.95 Å². The fourth-order valence-electron chi connectivity index (χ4n) is 5.93. The van der Waals surface area contributed by atoms with Crippen LogP contribution in [0.2, 0.25) is 0 Å². The minimum Gasteiger partial charge on any atom is -0.369 e. The zero-order chi connectivity index (χ0) is 26.6. The molecular formula is C33H36FN5. The second-order valence-corrected chi connectivity index (χ2v) is 10.6. The molecule has 2 heterocycles. The Bertz CT molecular complexity index is 1410. The molecule has 0 radical (unpaired) electrons. The molecule has 200 valence electrons. The number of halogens is 1. The van der Waals surface area contributed by atoms with E-state index >= 15 is 0 Å². The van der Waals surface area contributed by atoms with Crippen molar-refractivity contribution in [1.82, 2.24) is 14.9 Å². The minimum atomic E-state index is -0.169. The molecule has 1 N–H and O–H groups in total. The van der Waals surface area contributed by atoms with Gasteiger partial charge in [-0.3, -0.25) is 4.90 Å². The van der Waals surface area contributed by atoms with Gasteiger partial charge in [-0.2, -0.15) is 0 Å². The number of benzene rings is 3. The van der Waals surface area contributed by atoms with E-state index in [2.05, 4.69) is 63.4 Å². The quantitative estimate of drug-likeness (QED) is 0.252. The highest BCUT2D eigenvalue weighted by Crippen LogP contribution is 2.42. The second kappa shape index (κ2) is 11.5. The number of nitrogens with zero attached hydrogens (tertiary/aromatic N) is 4. The molecule has 1 fully saturated rings. The van der Waals surface area contributed by atoms with Crippen LogP contribution in [0.15, 0.2) is 79.0 Å². The van der Waals surface area contributed by atoms with Crippen LogP contribution >= 0.6 is 0 Å². The van der Waals surface area contributed by atoms with Gasteiger partial charge in [0, 0.05) is 55.2 Å². The van der Waals surface area contributed by atoms with E-state index in [4.69, 9.17) is 4.98 Å². The fraction of sp³-hybridized carbons (Fsp3) is 0.333. The Morgan fingerprint density at radius 1 is 0.872 bits per heavy atom. The van der Waals surface area contributed by atoms with Gasteiger partial charge in [0.25, 0.3) is 0 Å². The average Bonchev–Trinajstić information content (AvgIpc) is 2.98. The third kappa shape index (κ3) is 5.52. The van der Waals surface area contributed by atoms with Crippen LogP contribution < -0.4 is 10.2 Å². The summed E-state index contributed by atoms with van der Waals surface area (Å²) in [5.74, 6) is 0.349.